The van der Waals surface area contributed by atoms with Crippen LogP contribution in [0.15, 0.2) is 52.3 Å². The number of aromatic nitrogens is 2. The number of hydrogen-bond acceptors (Lipinski definition) is 5. The largest absolute Gasteiger partial charge is 0.365 e. The maximum absolute atomic E-state index is 12.4. The van der Waals surface area contributed by atoms with Gasteiger partial charge in [-0.2, -0.15) is 0 Å². The van der Waals surface area contributed by atoms with Gasteiger partial charge in [-0.15, -0.1) is 0 Å². The standard InChI is InChI=1S/C19H19ClN4O3S/c1-22(2)28(26,27)16-4-5-17-13(9-16)7-8-23(17)12-15-10-19(25)24-11-14(20)3-6-18(24)21-15/h3-6,9-11H,7-8,12H2,1-2H3. The van der Waals surface area contributed by atoms with Crippen LogP contribution in [0, 0.1) is 0 Å². The van der Waals surface area contributed by atoms with E-state index < -0.39 is 10.0 Å². The molecule has 2 aromatic heterocycles. The van der Waals surface area contributed by atoms with Crippen LogP contribution in [-0.2, 0) is 23.0 Å². The van der Waals surface area contributed by atoms with Gasteiger partial charge in [0.05, 0.1) is 22.2 Å². The van der Waals surface area contributed by atoms with Crippen LogP contribution in [0.1, 0.15) is 11.3 Å². The molecule has 1 aliphatic heterocycles. The van der Waals surface area contributed by atoms with E-state index >= 15 is 0 Å². The van der Waals surface area contributed by atoms with Gasteiger partial charge in [0.1, 0.15) is 5.65 Å². The molecule has 0 saturated heterocycles. The topological polar surface area (TPSA) is 75.0 Å². The molecule has 0 fully saturated rings. The van der Waals surface area contributed by atoms with Crippen LogP contribution in [0.5, 0.6) is 0 Å². The summed E-state index contributed by atoms with van der Waals surface area (Å²) >= 11 is 5.95. The number of benzene rings is 1. The Labute approximate surface area is 167 Å². The van der Waals surface area contributed by atoms with Gasteiger partial charge in [-0.1, -0.05) is 11.6 Å². The molecule has 146 valence electrons. The van der Waals surface area contributed by atoms with E-state index in [2.05, 4.69) is 9.88 Å². The van der Waals surface area contributed by atoms with Gasteiger partial charge in [-0.25, -0.2) is 17.7 Å². The summed E-state index contributed by atoms with van der Waals surface area (Å²) in [5.41, 5.74) is 2.96. The second-order valence-corrected chi connectivity index (χ2v) is 9.50. The van der Waals surface area contributed by atoms with E-state index in [9.17, 15) is 13.2 Å². The first-order chi connectivity index (χ1) is 13.3. The first-order valence-corrected chi connectivity index (χ1v) is 10.6. The Hall–Kier alpha value is -2.42. The van der Waals surface area contributed by atoms with Gasteiger partial charge in [0.15, 0.2) is 0 Å². The van der Waals surface area contributed by atoms with Crippen molar-refractivity contribution >= 4 is 33.0 Å². The minimum atomic E-state index is -3.46. The van der Waals surface area contributed by atoms with E-state index in [1.165, 1.54) is 28.9 Å². The number of pyridine rings is 1. The first kappa shape index (κ1) is 18.9. The first-order valence-electron chi connectivity index (χ1n) is 8.74. The number of nitrogens with zero attached hydrogens (tertiary/aromatic N) is 4. The van der Waals surface area contributed by atoms with E-state index in [-0.39, 0.29) is 10.5 Å². The summed E-state index contributed by atoms with van der Waals surface area (Å²) in [5, 5.41) is 0.473. The Morgan fingerprint density at radius 3 is 2.71 bits per heavy atom. The lowest BCUT2D eigenvalue weighted by molar-refractivity contribution is 0.520. The number of sulfonamides is 1. The Kier molecular flexibility index (Phi) is 4.65. The molecule has 0 N–H and O–H groups in total. The molecular weight excluding hydrogens is 400 g/mol. The van der Waals surface area contributed by atoms with Gasteiger partial charge < -0.3 is 4.90 Å². The molecule has 3 aromatic rings. The molecule has 1 aromatic carbocycles. The summed E-state index contributed by atoms with van der Waals surface area (Å²) in [7, 11) is -0.421. The molecule has 0 unspecified atom stereocenters. The maximum Gasteiger partial charge on any atom is 0.258 e. The van der Waals surface area contributed by atoms with Gasteiger partial charge in [-0.3, -0.25) is 9.20 Å². The molecule has 3 heterocycles. The molecule has 0 saturated carbocycles. The van der Waals surface area contributed by atoms with Crippen LogP contribution in [0.2, 0.25) is 5.02 Å². The van der Waals surface area contributed by atoms with Crippen LogP contribution in [-0.4, -0.2) is 42.7 Å². The zero-order valence-electron chi connectivity index (χ0n) is 15.5. The Balaban J connectivity index is 1.65. The second kappa shape index (κ2) is 6.88. The van der Waals surface area contributed by atoms with Crippen molar-refractivity contribution in [3.05, 3.63) is 69.2 Å². The molecule has 9 heteroatoms. The van der Waals surface area contributed by atoms with Gasteiger partial charge in [0.2, 0.25) is 10.0 Å². The fourth-order valence-corrected chi connectivity index (χ4v) is 4.50. The number of fused-ring (bicyclic) bond motifs is 2. The third-order valence-electron chi connectivity index (χ3n) is 4.85. The molecule has 1 aliphatic rings. The summed E-state index contributed by atoms with van der Waals surface area (Å²) in [5.74, 6) is 0. The molecule has 0 radical (unpaired) electrons. The van der Waals surface area contributed by atoms with Crippen molar-refractivity contribution in [1.82, 2.24) is 13.7 Å². The van der Waals surface area contributed by atoms with Gasteiger partial charge in [0.25, 0.3) is 5.56 Å². The highest BCUT2D eigenvalue weighted by molar-refractivity contribution is 7.89. The van der Waals surface area contributed by atoms with Crippen LogP contribution in [0.25, 0.3) is 5.65 Å². The number of halogens is 1. The molecule has 4 rings (SSSR count). The molecule has 0 atom stereocenters. The van der Waals surface area contributed by atoms with Crippen molar-refractivity contribution in [1.29, 1.82) is 0 Å². The van der Waals surface area contributed by atoms with E-state index in [4.69, 9.17) is 11.6 Å². The van der Waals surface area contributed by atoms with Crippen molar-refractivity contribution in [2.24, 2.45) is 0 Å². The third kappa shape index (κ3) is 3.28. The number of anilines is 1. The molecule has 28 heavy (non-hydrogen) atoms. The predicted molar refractivity (Wildman–Crippen MR) is 109 cm³/mol. The van der Waals surface area contributed by atoms with E-state index in [0.717, 1.165) is 24.2 Å². The number of rotatable bonds is 4. The fourth-order valence-electron chi connectivity index (χ4n) is 3.38. The summed E-state index contributed by atoms with van der Waals surface area (Å²) in [6, 6.07) is 10.1. The molecular formula is C19H19ClN4O3S. The zero-order valence-corrected chi connectivity index (χ0v) is 17.0. The lowest BCUT2D eigenvalue weighted by Crippen LogP contribution is -2.24. The maximum atomic E-state index is 12.4. The highest BCUT2D eigenvalue weighted by atomic mass is 35.5. The number of hydrogen-bond donors (Lipinski definition) is 0. The highest BCUT2D eigenvalue weighted by Crippen LogP contribution is 2.31. The third-order valence-corrected chi connectivity index (χ3v) is 6.89. The van der Waals surface area contributed by atoms with Crippen molar-refractivity contribution in [3.63, 3.8) is 0 Å². The minimum absolute atomic E-state index is 0.186. The van der Waals surface area contributed by atoms with Gasteiger partial charge in [-0.05, 0) is 42.3 Å². The average Bonchev–Trinajstić information content (AvgIpc) is 3.04. The quantitative estimate of drug-likeness (QED) is 0.649. The smallest absolute Gasteiger partial charge is 0.258 e. The summed E-state index contributed by atoms with van der Waals surface area (Å²) in [4.78, 5) is 19.3. The van der Waals surface area contributed by atoms with E-state index in [1.54, 1.807) is 30.5 Å². The predicted octanol–water partition coefficient (Wildman–Crippen LogP) is 2.16. The van der Waals surface area contributed by atoms with Crippen molar-refractivity contribution in [2.45, 2.75) is 17.9 Å². The Morgan fingerprint density at radius 1 is 1.18 bits per heavy atom. The molecule has 0 bridgehead atoms. The van der Waals surface area contributed by atoms with Crippen LogP contribution in [0.3, 0.4) is 0 Å². The van der Waals surface area contributed by atoms with E-state index in [1.807, 2.05) is 6.07 Å². The van der Waals surface area contributed by atoms with Crippen LogP contribution in [0.4, 0.5) is 5.69 Å². The van der Waals surface area contributed by atoms with Crippen LogP contribution >= 0.6 is 11.6 Å². The normalized spacial score (nSPS) is 14.1. The monoisotopic (exact) mass is 418 g/mol. The van der Waals surface area contributed by atoms with Crippen LogP contribution < -0.4 is 10.5 Å². The van der Waals surface area contributed by atoms with Gasteiger partial charge in [0, 0.05) is 38.6 Å². The molecule has 7 nitrogen and oxygen atoms in total. The molecule has 0 amide bonds. The van der Waals surface area contributed by atoms with Crippen molar-refractivity contribution < 1.29 is 8.42 Å². The summed E-state index contributed by atoms with van der Waals surface area (Å²) in [6.07, 6.45) is 2.29. The molecule has 0 spiro atoms. The van der Waals surface area contributed by atoms with Crippen molar-refractivity contribution in [2.75, 3.05) is 25.5 Å². The lowest BCUT2D eigenvalue weighted by Gasteiger charge is -2.19. The Morgan fingerprint density at radius 2 is 1.96 bits per heavy atom. The SMILES string of the molecule is CN(C)S(=O)(=O)c1ccc2c(c1)CCN2Cc1cc(=O)n2cc(Cl)ccc2n1. The second-order valence-electron chi connectivity index (χ2n) is 6.91. The van der Waals surface area contributed by atoms with Crippen molar-refractivity contribution in [3.8, 4) is 0 Å². The lowest BCUT2D eigenvalue weighted by atomic mass is 10.2. The molecule has 0 aliphatic carbocycles. The Bertz CT molecular complexity index is 1240. The summed E-state index contributed by atoms with van der Waals surface area (Å²) < 4.78 is 27.3. The van der Waals surface area contributed by atoms with Gasteiger partial charge >= 0.3 is 0 Å². The minimum Gasteiger partial charge on any atom is -0.365 e. The summed E-state index contributed by atoms with van der Waals surface area (Å²) in [6.45, 7) is 1.21. The van der Waals surface area contributed by atoms with E-state index in [0.29, 0.717) is 22.9 Å². The fraction of sp³-hybridized carbons (Fsp3) is 0.263. The highest BCUT2D eigenvalue weighted by Gasteiger charge is 2.24. The zero-order chi connectivity index (χ0) is 20.1. The average molecular weight is 419 g/mol.